The van der Waals surface area contributed by atoms with Crippen molar-refractivity contribution in [3.05, 3.63) is 36.4 Å². The highest BCUT2D eigenvalue weighted by Crippen LogP contribution is 2.07. The minimum atomic E-state index is -1.57. The monoisotopic (exact) mass is 293 g/mol. The molecule has 1 aromatic carbocycles. The molecule has 3 N–H and O–H groups in total. The van der Waals surface area contributed by atoms with Crippen LogP contribution in [0.1, 0.15) is 6.92 Å². The fraction of sp³-hybridized carbons (Fsp3) is 0.231. The third-order valence-electron chi connectivity index (χ3n) is 2.34. The zero-order valence-electron chi connectivity index (χ0n) is 11.5. The smallest absolute Gasteiger partial charge is 0.460 e. The number of rotatable bonds is 6. The molecule has 0 saturated carbocycles. The summed E-state index contributed by atoms with van der Waals surface area (Å²) < 4.78 is 9.71. The van der Waals surface area contributed by atoms with Gasteiger partial charge in [-0.15, -0.1) is 0 Å². The zero-order chi connectivity index (χ0) is 15.8. The van der Waals surface area contributed by atoms with Gasteiger partial charge in [-0.05, 0) is 24.5 Å². The lowest BCUT2D eigenvalue weighted by atomic mass is 9.80. The fourth-order valence-electron chi connectivity index (χ4n) is 1.27. The van der Waals surface area contributed by atoms with Crippen molar-refractivity contribution in [1.82, 2.24) is 5.32 Å². The van der Waals surface area contributed by atoms with Crippen molar-refractivity contribution in [3.63, 3.8) is 0 Å². The first-order valence-electron chi connectivity index (χ1n) is 6.14. The summed E-state index contributed by atoms with van der Waals surface area (Å²) in [6, 6.07) is 5.69. The average molecular weight is 293 g/mol. The molecule has 21 heavy (non-hydrogen) atoms. The summed E-state index contributed by atoms with van der Waals surface area (Å²) in [5, 5.41) is 20.2. The summed E-state index contributed by atoms with van der Waals surface area (Å²) >= 11 is 0. The third kappa shape index (κ3) is 6.11. The maximum atomic E-state index is 11.4. The average Bonchev–Trinajstić information content (AvgIpc) is 2.43. The van der Waals surface area contributed by atoms with Crippen molar-refractivity contribution in [1.29, 1.82) is 0 Å². The van der Waals surface area contributed by atoms with E-state index in [1.54, 1.807) is 0 Å². The SMILES string of the molecule is C=C(C)C(=O)OCCNC(=O)Oc1ccc(B(O)O)cc1. The second-order valence-electron chi connectivity index (χ2n) is 4.18. The molecule has 1 aromatic rings. The van der Waals surface area contributed by atoms with E-state index in [4.69, 9.17) is 19.5 Å². The first-order valence-corrected chi connectivity index (χ1v) is 6.14. The van der Waals surface area contributed by atoms with Crippen LogP contribution in [0.15, 0.2) is 36.4 Å². The molecule has 8 heteroatoms. The predicted octanol–water partition coefficient (Wildman–Crippen LogP) is -0.426. The van der Waals surface area contributed by atoms with Gasteiger partial charge in [-0.1, -0.05) is 18.7 Å². The van der Waals surface area contributed by atoms with Gasteiger partial charge in [0.15, 0.2) is 0 Å². The van der Waals surface area contributed by atoms with Gasteiger partial charge >= 0.3 is 19.2 Å². The van der Waals surface area contributed by atoms with Crippen LogP contribution in [0.2, 0.25) is 0 Å². The largest absolute Gasteiger partial charge is 0.488 e. The highest BCUT2D eigenvalue weighted by Gasteiger charge is 2.11. The third-order valence-corrected chi connectivity index (χ3v) is 2.34. The maximum absolute atomic E-state index is 11.4. The number of hydrogen-bond donors (Lipinski definition) is 3. The van der Waals surface area contributed by atoms with Gasteiger partial charge in [0.1, 0.15) is 12.4 Å². The lowest BCUT2D eigenvalue weighted by molar-refractivity contribution is -0.138. The first kappa shape index (κ1) is 16.7. The summed E-state index contributed by atoms with van der Waals surface area (Å²) in [4.78, 5) is 22.5. The van der Waals surface area contributed by atoms with Crippen LogP contribution in [-0.2, 0) is 9.53 Å². The van der Waals surface area contributed by atoms with Gasteiger partial charge in [0.2, 0.25) is 0 Å². The van der Waals surface area contributed by atoms with Crippen molar-refractivity contribution in [2.75, 3.05) is 13.2 Å². The van der Waals surface area contributed by atoms with Crippen LogP contribution in [0, 0.1) is 0 Å². The Balaban J connectivity index is 2.30. The second kappa shape index (κ2) is 8.08. The molecule has 1 amide bonds. The highest BCUT2D eigenvalue weighted by molar-refractivity contribution is 6.58. The zero-order valence-corrected chi connectivity index (χ0v) is 11.5. The lowest BCUT2D eigenvalue weighted by Crippen LogP contribution is -2.31. The van der Waals surface area contributed by atoms with Crippen LogP contribution in [0.25, 0.3) is 0 Å². The maximum Gasteiger partial charge on any atom is 0.488 e. The molecule has 0 fully saturated rings. The number of hydrogen-bond acceptors (Lipinski definition) is 6. The van der Waals surface area contributed by atoms with E-state index < -0.39 is 19.2 Å². The van der Waals surface area contributed by atoms with Crippen LogP contribution in [0.3, 0.4) is 0 Å². The summed E-state index contributed by atoms with van der Waals surface area (Å²) in [7, 11) is -1.57. The van der Waals surface area contributed by atoms with Gasteiger partial charge in [0.05, 0.1) is 6.54 Å². The molecule has 0 saturated heterocycles. The molecule has 0 spiro atoms. The molecular formula is C13H16BNO6. The Morgan fingerprint density at radius 2 is 1.90 bits per heavy atom. The molecule has 1 rings (SSSR count). The van der Waals surface area contributed by atoms with E-state index in [1.807, 2.05) is 0 Å². The molecule has 0 unspecified atom stereocenters. The number of esters is 1. The van der Waals surface area contributed by atoms with Gasteiger partial charge in [0.25, 0.3) is 0 Å². The van der Waals surface area contributed by atoms with E-state index in [2.05, 4.69) is 11.9 Å². The Labute approximate surface area is 122 Å². The molecular weight excluding hydrogens is 277 g/mol. The molecule has 0 heterocycles. The van der Waals surface area contributed by atoms with E-state index in [9.17, 15) is 9.59 Å². The normalized spacial score (nSPS) is 9.67. The number of carbonyl (C=O) groups excluding carboxylic acids is 2. The van der Waals surface area contributed by atoms with Crippen molar-refractivity contribution >= 4 is 24.6 Å². The van der Waals surface area contributed by atoms with E-state index in [-0.39, 0.29) is 29.9 Å². The second-order valence-corrected chi connectivity index (χ2v) is 4.18. The van der Waals surface area contributed by atoms with Gasteiger partial charge in [-0.3, -0.25) is 0 Å². The van der Waals surface area contributed by atoms with E-state index >= 15 is 0 Å². The lowest BCUT2D eigenvalue weighted by Gasteiger charge is -2.08. The molecule has 112 valence electrons. The predicted molar refractivity (Wildman–Crippen MR) is 76.1 cm³/mol. The molecule has 0 radical (unpaired) electrons. The van der Waals surface area contributed by atoms with Crippen LogP contribution >= 0.6 is 0 Å². The Morgan fingerprint density at radius 3 is 2.43 bits per heavy atom. The fourth-order valence-corrected chi connectivity index (χ4v) is 1.27. The topological polar surface area (TPSA) is 105 Å². The molecule has 0 aliphatic heterocycles. The van der Waals surface area contributed by atoms with E-state index in [1.165, 1.54) is 31.2 Å². The van der Waals surface area contributed by atoms with Gasteiger partial charge in [-0.2, -0.15) is 0 Å². The quantitative estimate of drug-likeness (QED) is 0.284. The van der Waals surface area contributed by atoms with Crippen molar-refractivity contribution in [3.8, 4) is 5.75 Å². The summed E-state index contributed by atoms with van der Waals surface area (Å²) in [6.07, 6.45) is -0.710. The van der Waals surface area contributed by atoms with Crippen molar-refractivity contribution in [2.24, 2.45) is 0 Å². The van der Waals surface area contributed by atoms with Gasteiger partial charge in [-0.25, -0.2) is 9.59 Å². The van der Waals surface area contributed by atoms with Gasteiger partial charge < -0.3 is 24.8 Å². The number of amides is 1. The van der Waals surface area contributed by atoms with Crippen molar-refractivity contribution < 1.29 is 29.1 Å². The molecule has 7 nitrogen and oxygen atoms in total. The van der Waals surface area contributed by atoms with E-state index in [0.29, 0.717) is 0 Å². The first-order chi connectivity index (χ1) is 9.90. The molecule has 0 aliphatic rings. The van der Waals surface area contributed by atoms with Crippen LogP contribution in [-0.4, -0.2) is 42.4 Å². The van der Waals surface area contributed by atoms with Crippen LogP contribution < -0.4 is 15.5 Å². The van der Waals surface area contributed by atoms with Gasteiger partial charge in [0, 0.05) is 5.57 Å². The standard InChI is InChI=1S/C13H16BNO6/c1-9(2)12(16)20-8-7-15-13(17)21-11-5-3-10(4-6-11)14(18)19/h3-6,18-19H,1,7-8H2,2H3,(H,15,17). The van der Waals surface area contributed by atoms with E-state index in [0.717, 1.165) is 0 Å². The Bertz CT molecular complexity index is 514. The van der Waals surface area contributed by atoms with Crippen molar-refractivity contribution in [2.45, 2.75) is 6.92 Å². The molecule has 0 aliphatic carbocycles. The summed E-state index contributed by atoms with van der Waals surface area (Å²) in [5.74, 6) is -0.279. The minimum Gasteiger partial charge on any atom is -0.460 e. The minimum absolute atomic E-state index is 0.0104. The number of nitrogens with one attached hydrogen (secondary N) is 1. The Morgan fingerprint density at radius 1 is 1.29 bits per heavy atom. The Kier molecular flexibility index (Phi) is 6.44. The highest BCUT2D eigenvalue weighted by atomic mass is 16.6. The van der Waals surface area contributed by atoms with Crippen LogP contribution in [0.5, 0.6) is 5.75 Å². The number of benzene rings is 1. The number of ether oxygens (including phenoxy) is 2. The summed E-state index contributed by atoms with van der Waals surface area (Å²) in [6.45, 7) is 5.06. The molecule has 0 aromatic heterocycles. The number of carbonyl (C=O) groups is 2. The molecule has 0 atom stereocenters. The Hall–Kier alpha value is -2.32. The van der Waals surface area contributed by atoms with Crippen LogP contribution in [0.4, 0.5) is 4.79 Å². The summed E-state index contributed by atoms with van der Waals surface area (Å²) in [5.41, 5.74) is 0.568. The molecule has 0 bridgehead atoms.